The molecule has 4 heteroatoms. The van der Waals surface area contributed by atoms with Crippen molar-refractivity contribution in [1.82, 2.24) is 14.8 Å². The van der Waals surface area contributed by atoms with Gasteiger partial charge in [0, 0.05) is 32.4 Å². The molecular weight excluding hydrogens is 202 g/mol. The molecule has 1 aliphatic rings. The molecule has 4 nitrogen and oxygen atoms in total. The molecule has 0 unspecified atom stereocenters. The maximum atomic E-state index is 11.8. The molecule has 0 spiro atoms. The molecule has 0 bridgehead atoms. The predicted octanol–water partition coefficient (Wildman–Crippen LogP) is 0.835. The number of Topliss-reactive ketones (excluding diaryl/α,β-unsaturated/α-hetero) is 1. The van der Waals surface area contributed by atoms with Crippen molar-refractivity contribution in [2.24, 2.45) is 0 Å². The van der Waals surface area contributed by atoms with Crippen molar-refractivity contribution in [2.45, 2.75) is 6.92 Å². The first-order valence-electron chi connectivity index (χ1n) is 5.91. The van der Waals surface area contributed by atoms with Gasteiger partial charge >= 0.3 is 0 Å². The zero-order valence-corrected chi connectivity index (χ0v) is 9.78. The van der Waals surface area contributed by atoms with E-state index >= 15 is 0 Å². The first-order chi connectivity index (χ1) is 7.79. The number of likely N-dealkylation sites (N-methyl/N-ethyl adjacent to an activating group) is 1. The first kappa shape index (κ1) is 11.4. The number of rotatable bonds is 4. The fourth-order valence-corrected chi connectivity index (χ4v) is 2.06. The van der Waals surface area contributed by atoms with E-state index in [1.54, 1.807) is 6.20 Å². The standard InChI is InChI=1S/C12H19N3O/c1-2-14-6-8-15(9-7-14)10-12(16)11-4-3-5-13-11/h3-5,13H,2,6-10H2,1H3. The van der Waals surface area contributed by atoms with Gasteiger partial charge in [-0.15, -0.1) is 0 Å². The maximum Gasteiger partial charge on any atom is 0.192 e. The number of hydrogen-bond donors (Lipinski definition) is 1. The minimum absolute atomic E-state index is 0.190. The Morgan fingerprint density at radius 3 is 2.56 bits per heavy atom. The summed E-state index contributed by atoms with van der Waals surface area (Å²) in [6.45, 7) is 7.99. The number of aromatic amines is 1. The highest BCUT2D eigenvalue weighted by atomic mass is 16.1. The molecule has 0 radical (unpaired) electrons. The fraction of sp³-hybridized carbons (Fsp3) is 0.583. The number of piperazine rings is 1. The molecule has 1 saturated heterocycles. The Balaban J connectivity index is 1.81. The summed E-state index contributed by atoms with van der Waals surface area (Å²) < 4.78 is 0. The summed E-state index contributed by atoms with van der Waals surface area (Å²) in [5.74, 6) is 0.190. The number of nitrogens with one attached hydrogen (secondary N) is 1. The molecule has 1 aliphatic heterocycles. The second-order valence-electron chi connectivity index (χ2n) is 4.22. The van der Waals surface area contributed by atoms with E-state index in [1.807, 2.05) is 12.1 Å². The van der Waals surface area contributed by atoms with Gasteiger partial charge in [0.15, 0.2) is 5.78 Å². The van der Waals surface area contributed by atoms with Gasteiger partial charge in [0.05, 0.1) is 12.2 Å². The Bertz CT molecular complexity index is 326. The third kappa shape index (κ3) is 2.71. The summed E-state index contributed by atoms with van der Waals surface area (Å²) in [6, 6.07) is 3.70. The first-order valence-corrected chi connectivity index (χ1v) is 5.91. The van der Waals surface area contributed by atoms with E-state index in [4.69, 9.17) is 0 Å². The largest absolute Gasteiger partial charge is 0.359 e. The Kier molecular flexibility index (Phi) is 3.74. The zero-order chi connectivity index (χ0) is 11.4. The summed E-state index contributed by atoms with van der Waals surface area (Å²) in [5.41, 5.74) is 0.720. The summed E-state index contributed by atoms with van der Waals surface area (Å²) in [7, 11) is 0. The minimum Gasteiger partial charge on any atom is -0.359 e. The smallest absolute Gasteiger partial charge is 0.192 e. The highest BCUT2D eigenvalue weighted by molar-refractivity contribution is 5.95. The number of carbonyl (C=O) groups is 1. The Morgan fingerprint density at radius 1 is 1.31 bits per heavy atom. The highest BCUT2D eigenvalue weighted by Gasteiger charge is 2.18. The van der Waals surface area contributed by atoms with Gasteiger partial charge < -0.3 is 9.88 Å². The van der Waals surface area contributed by atoms with Crippen molar-refractivity contribution in [1.29, 1.82) is 0 Å². The lowest BCUT2D eigenvalue weighted by Crippen LogP contribution is -2.47. The van der Waals surface area contributed by atoms with E-state index in [2.05, 4.69) is 21.7 Å². The van der Waals surface area contributed by atoms with Gasteiger partial charge in [-0.25, -0.2) is 0 Å². The van der Waals surface area contributed by atoms with Crippen molar-refractivity contribution < 1.29 is 4.79 Å². The van der Waals surface area contributed by atoms with Gasteiger partial charge in [0.25, 0.3) is 0 Å². The van der Waals surface area contributed by atoms with Gasteiger partial charge in [-0.3, -0.25) is 9.69 Å². The van der Waals surface area contributed by atoms with E-state index in [1.165, 1.54) is 0 Å². The molecule has 1 N–H and O–H groups in total. The molecule has 2 heterocycles. The van der Waals surface area contributed by atoms with Crippen LogP contribution >= 0.6 is 0 Å². The summed E-state index contributed by atoms with van der Waals surface area (Å²) in [6.07, 6.45) is 1.79. The van der Waals surface area contributed by atoms with E-state index < -0.39 is 0 Å². The number of H-pyrrole nitrogens is 1. The normalized spacial score (nSPS) is 18.8. The number of nitrogens with zero attached hydrogens (tertiary/aromatic N) is 2. The average molecular weight is 221 g/mol. The number of hydrogen-bond acceptors (Lipinski definition) is 3. The molecule has 16 heavy (non-hydrogen) atoms. The van der Waals surface area contributed by atoms with Crippen molar-refractivity contribution in [3.63, 3.8) is 0 Å². The maximum absolute atomic E-state index is 11.8. The van der Waals surface area contributed by atoms with E-state index in [0.717, 1.165) is 38.4 Å². The van der Waals surface area contributed by atoms with Gasteiger partial charge in [-0.05, 0) is 18.7 Å². The average Bonchev–Trinajstić information content (AvgIpc) is 2.83. The summed E-state index contributed by atoms with van der Waals surface area (Å²) >= 11 is 0. The lowest BCUT2D eigenvalue weighted by molar-refractivity contribution is 0.0855. The number of carbonyl (C=O) groups excluding carboxylic acids is 1. The van der Waals surface area contributed by atoms with Crippen LogP contribution in [-0.4, -0.2) is 59.8 Å². The molecule has 0 saturated carbocycles. The van der Waals surface area contributed by atoms with Crippen LogP contribution in [0.5, 0.6) is 0 Å². The van der Waals surface area contributed by atoms with Crippen LogP contribution in [0.3, 0.4) is 0 Å². The van der Waals surface area contributed by atoms with Gasteiger partial charge in [-0.2, -0.15) is 0 Å². The number of ketones is 1. The lowest BCUT2D eigenvalue weighted by atomic mass is 10.2. The summed E-state index contributed by atoms with van der Waals surface area (Å²) in [5, 5.41) is 0. The molecule has 0 aromatic carbocycles. The van der Waals surface area contributed by atoms with Crippen LogP contribution in [0, 0.1) is 0 Å². The van der Waals surface area contributed by atoms with Crippen LogP contribution in [0.4, 0.5) is 0 Å². The van der Waals surface area contributed by atoms with Crippen molar-refractivity contribution in [3.05, 3.63) is 24.0 Å². The fourth-order valence-electron chi connectivity index (χ4n) is 2.06. The topological polar surface area (TPSA) is 39.3 Å². The molecule has 0 amide bonds. The van der Waals surface area contributed by atoms with E-state index in [9.17, 15) is 4.79 Å². The SMILES string of the molecule is CCN1CCN(CC(=O)c2ccc[nH]2)CC1. The number of aromatic nitrogens is 1. The molecular formula is C12H19N3O. The zero-order valence-electron chi connectivity index (χ0n) is 9.78. The van der Waals surface area contributed by atoms with Gasteiger partial charge in [0.1, 0.15) is 0 Å². The molecule has 0 aliphatic carbocycles. The second-order valence-corrected chi connectivity index (χ2v) is 4.22. The van der Waals surface area contributed by atoms with Crippen LogP contribution in [-0.2, 0) is 0 Å². The molecule has 1 aromatic heterocycles. The monoisotopic (exact) mass is 221 g/mol. The summed E-state index contributed by atoms with van der Waals surface area (Å²) in [4.78, 5) is 19.4. The minimum atomic E-state index is 0.190. The van der Waals surface area contributed by atoms with E-state index in [-0.39, 0.29) is 5.78 Å². The van der Waals surface area contributed by atoms with Crippen molar-refractivity contribution in [3.8, 4) is 0 Å². The van der Waals surface area contributed by atoms with Crippen LogP contribution < -0.4 is 0 Å². The predicted molar refractivity (Wildman–Crippen MR) is 63.7 cm³/mol. The molecule has 88 valence electrons. The third-order valence-electron chi connectivity index (χ3n) is 3.18. The van der Waals surface area contributed by atoms with Crippen LogP contribution in [0.15, 0.2) is 18.3 Å². The van der Waals surface area contributed by atoms with Crippen molar-refractivity contribution in [2.75, 3.05) is 39.3 Å². The van der Waals surface area contributed by atoms with Crippen LogP contribution in [0.2, 0.25) is 0 Å². The quantitative estimate of drug-likeness (QED) is 0.766. The van der Waals surface area contributed by atoms with Gasteiger partial charge in [0.2, 0.25) is 0 Å². The second kappa shape index (κ2) is 5.27. The Morgan fingerprint density at radius 2 is 2.00 bits per heavy atom. The molecule has 1 fully saturated rings. The Labute approximate surface area is 96.2 Å². The van der Waals surface area contributed by atoms with Crippen LogP contribution in [0.25, 0.3) is 0 Å². The third-order valence-corrected chi connectivity index (χ3v) is 3.18. The lowest BCUT2D eigenvalue weighted by Gasteiger charge is -2.33. The Hall–Kier alpha value is -1.13. The van der Waals surface area contributed by atoms with Crippen LogP contribution in [0.1, 0.15) is 17.4 Å². The molecule has 2 rings (SSSR count). The van der Waals surface area contributed by atoms with E-state index in [0.29, 0.717) is 6.54 Å². The molecule has 0 atom stereocenters. The highest BCUT2D eigenvalue weighted by Crippen LogP contribution is 2.04. The van der Waals surface area contributed by atoms with Crippen molar-refractivity contribution >= 4 is 5.78 Å². The molecule has 1 aromatic rings. The van der Waals surface area contributed by atoms with Gasteiger partial charge in [-0.1, -0.05) is 6.92 Å².